The van der Waals surface area contributed by atoms with Crippen molar-refractivity contribution in [1.29, 1.82) is 10.5 Å². The first-order valence-corrected chi connectivity index (χ1v) is 17.7. The number of pyridine rings is 2. The second-order valence-electron chi connectivity index (χ2n) is 12.9. The molecule has 2 aliphatic heterocycles. The van der Waals surface area contributed by atoms with E-state index in [-0.39, 0.29) is 18.4 Å². The minimum absolute atomic E-state index is 0.0636. The molecule has 0 aliphatic carbocycles. The number of nitrogens with zero attached hydrogens (tertiary/aromatic N) is 9. The maximum absolute atomic E-state index is 12.1. The standard InChI is InChI=1S/C18H19N7O2.C15H18N6O.C3H3NO2/c1-11-22-18(24-27-11)14-9-21-17-13(5-7-20-17)16(14)23-12-3-2-8-25(10-12)15(26)4-6-19;1-9-19-15(21-22-9)12-8-18-14-11(4-6-17-14)13(12)20-10-3-2-5-16-7-10;4-2-1-3(5)6/h5,7,9,12H,2-4,8,10H2,1H3,(H2,20,21,23);4,6,8,10,16H,2-3,5,7H2,1H3,(H2,17,18,20);1H2,(H,5,6)/t12-;10-;/m11./s1. The molecule has 19 nitrogen and oxygen atoms in total. The molecular weight excluding hydrogens is 708 g/mol. The van der Waals surface area contributed by atoms with Gasteiger partial charge in [-0.25, -0.2) is 9.97 Å². The van der Waals surface area contributed by atoms with Gasteiger partial charge in [0.15, 0.2) is 0 Å². The smallest absolute Gasteiger partial charge is 0.317 e. The number of fused-ring (bicyclic) bond motifs is 2. The van der Waals surface area contributed by atoms with Gasteiger partial charge in [-0.2, -0.15) is 20.5 Å². The van der Waals surface area contributed by atoms with Crippen LogP contribution in [0.15, 0.2) is 46.0 Å². The lowest BCUT2D eigenvalue weighted by Crippen LogP contribution is -2.45. The third kappa shape index (κ3) is 9.39. The van der Waals surface area contributed by atoms with Crippen molar-refractivity contribution in [3.8, 4) is 34.9 Å². The number of carbonyl (C=O) groups is 2. The number of aromatic nitrogens is 8. The van der Waals surface area contributed by atoms with Crippen molar-refractivity contribution >= 4 is 45.3 Å². The monoisotopic (exact) mass is 748 g/mol. The highest BCUT2D eigenvalue weighted by Gasteiger charge is 2.26. The average Bonchev–Trinajstić information content (AvgIpc) is 4.02. The molecule has 6 aromatic rings. The van der Waals surface area contributed by atoms with E-state index < -0.39 is 12.4 Å². The maximum atomic E-state index is 12.1. The molecule has 2 aliphatic rings. The predicted octanol–water partition coefficient (Wildman–Crippen LogP) is 4.31. The molecule has 1 amide bonds. The van der Waals surface area contributed by atoms with Crippen LogP contribution in [0.1, 0.15) is 50.3 Å². The molecule has 284 valence electrons. The highest BCUT2D eigenvalue weighted by molar-refractivity contribution is 5.98. The number of hydrogen-bond acceptors (Lipinski definition) is 15. The van der Waals surface area contributed by atoms with E-state index >= 15 is 0 Å². The molecule has 0 unspecified atom stereocenters. The number of carboxylic acids is 1. The quantitative estimate of drug-likeness (QED) is 0.126. The number of carboxylic acid groups (broad SMARTS) is 1. The summed E-state index contributed by atoms with van der Waals surface area (Å²) >= 11 is 0. The maximum Gasteiger partial charge on any atom is 0.317 e. The molecule has 8 rings (SSSR count). The molecule has 0 spiro atoms. The molecule has 8 heterocycles. The molecule has 2 saturated heterocycles. The summed E-state index contributed by atoms with van der Waals surface area (Å²) in [6.45, 7) is 6.82. The number of rotatable bonds is 8. The Morgan fingerprint density at radius 2 is 1.44 bits per heavy atom. The van der Waals surface area contributed by atoms with E-state index in [1.165, 1.54) is 12.5 Å². The number of amides is 1. The number of aryl methyl sites for hydroxylation is 2. The van der Waals surface area contributed by atoms with E-state index in [4.69, 9.17) is 24.7 Å². The first-order chi connectivity index (χ1) is 26.7. The Balaban J connectivity index is 0.000000166. The van der Waals surface area contributed by atoms with E-state index in [0.717, 1.165) is 76.9 Å². The van der Waals surface area contributed by atoms with Gasteiger partial charge in [-0.1, -0.05) is 10.3 Å². The fourth-order valence-corrected chi connectivity index (χ4v) is 6.43. The summed E-state index contributed by atoms with van der Waals surface area (Å²) in [5.41, 5.74) is 5.11. The molecule has 0 saturated carbocycles. The first-order valence-electron chi connectivity index (χ1n) is 17.7. The summed E-state index contributed by atoms with van der Waals surface area (Å²) in [7, 11) is 0. The normalized spacial score (nSPS) is 16.5. The van der Waals surface area contributed by atoms with Crippen LogP contribution in [0.5, 0.6) is 0 Å². The fraction of sp³-hybridized carbons (Fsp3) is 0.389. The molecular formula is C36H40N14O5. The SMILES string of the molecule is Cc1nc(-c2cnc3[nH]ccc3c2N[C@@H]2CCCN(C(=O)CC#N)C2)no1.Cc1nc(-c2cnc3[nH]ccc3c2N[C@@H]2CCCNC2)no1.N#CCC(=O)O. The van der Waals surface area contributed by atoms with E-state index in [2.05, 4.69) is 56.2 Å². The predicted molar refractivity (Wildman–Crippen MR) is 199 cm³/mol. The van der Waals surface area contributed by atoms with Gasteiger partial charge >= 0.3 is 5.97 Å². The van der Waals surface area contributed by atoms with Crippen molar-refractivity contribution in [2.75, 3.05) is 36.8 Å². The fourth-order valence-electron chi connectivity index (χ4n) is 6.43. The van der Waals surface area contributed by atoms with Gasteiger partial charge in [0.25, 0.3) is 0 Å². The van der Waals surface area contributed by atoms with Crippen LogP contribution in [0, 0.1) is 36.5 Å². The Labute approximate surface area is 314 Å². The average molecular weight is 749 g/mol. The molecule has 6 aromatic heterocycles. The van der Waals surface area contributed by atoms with Gasteiger partial charge < -0.3 is 45.0 Å². The number of nitrogens with one attached hydrogen (secondary N) is 5. The highest BCUT2D eigenvalue weighted by atomic mass is 16.5. The van der Waals surface area contributed by atoms with Crippen LogP contribution in [-0.2, 0) is 9.59 Å². The van der Waals surface area contributed by atoms with Gasteiger partial charge in [-0.15, -0.1) is 0 Å². The molecule has 19 heteroatoms. The van der Waals surface area contributed by atoms with Crippen molar-refractivity contribution < 1.29 is 23.7 Å². The van der Waals surface area contributed by atoms with E-state index in [0.29, 0.717) is 42.6 Å². The number of likely N-dealkylation sites (tertiary alicyclic amines) is 1. The Hall–Kier alpha value is -6.86. The Morgan fingerprint density at radius 3 is 1.91 bits per heavy atom. The van der Waals surface area contributed by atoms with Crippen LogP contribution < -0.4 is 16.0 Å². The number of aliphatic carboxylic acids is 1. The zero-order valence-corrected chi connectivity index (χ0v) is 30.3. The van der Waals surface area contributed by atoms with Crippen LogP contribution in [0.2, 0.25) is 0 Å². The number of piperidine rings is 2. The largest absolute Gasteiger partial charge is 0.480 e. The highest BCUT2D eigenvalue weighted by Crippen LogP contribution is 2.34. The second-order valence-corrected chi connectivity index (χ2v) is 12.9. The van der Waals surface area contributed by atoms with Gasteiger partial charge in [0.05, 0.1) is 34.6 Å². The first kappa shape index (κ1) is 37.9. The topological polar surface area (TPSA) is 276 Å². The van der Waals surface area contributed by atoms with Crippen molar-refractivity contribution in [1.82, 2.24) is 50.4 Å². The summed E-state index contributed by atoms with van der Waals surface area (Å²) in [4.78, 5) is 47.0. The van der Waals surface area contributed by atoms with Gasteiger partial charge in [0.1, 0.15) is 24.1 Å². The van der Waals surface area contributed by atoms with Crippen molar-refractivity contribution in [2.24, 2.45) is 0 Å². The molecule has 2 fully saturated rings. The van der Waals surface area contributed by atoms with Crippen molar-refractivity contribution in [3.05, 3.63) is 48.7 Å². The summed E-state index contributed by atoms with van der Waals surface area (Å²) in [6, 6.07) is 7.83. The zero-order valence-electron chi connectivity index (χ0n) is 30.3. The van der Waals surface area contributed by atoms with Crippen LogP contribution in [0.25, 0.3) is 44.8 Å². The second kappa shape index (κ2) is 17.8. The number of hydrogen-bond donors (Lipinski definition) is 6. The van der Waals surface area contributed by atoms with Gasteiger partial charge in [-0.05, 0) is 44.4 Å². The minimum Gasteiger partial charge on any atom is -0.480 e. The molecule has 2 atom stereocenters. The van der Waals surface area contributed by atoms with Crippen LogP contribution in [0.3, 0.4) is 0 Å². The minimum atomic E-state index is -1.07. The third-order valence-electron chi connectivity index (χ3n) is 8.94. The van der Waals surface area contributed by atoms with Gasteiger partial charge in [-0.3, -0.25) is 9.59 Å². The van der Waals surface area contributed by atoms with Crippen molar-refractivity contribution in [2.45, 2.75) is 64.5 Å². The number of aromatic amines is 2. The number of nitriles is 2. The van der Waals surface area contributed by atoms with Crippen LogP contribution in [-0.4, -0.2) is 100 Å². The molecule has 0 radical (unpaired) electrons. The van der Waals surface area contributed by atoms with Gasteiger partial charge in [0.2, 0.25) is 29.3 Å². The molecule has 6 N–H and O–H groups in total. The Kier molecular flexibility index (Phi) is 12.2. The third-order valence-corrected chi connectivity index (χ3v) is 8.94. The molecule has 0 bridgehead atoms. The van der Waals surface area contributed by atoms with Crippen molar-refractivity contribution in [3.63, 3.8) is 0 Å². The van der Waals surface area contributed by atoms with E-state index in [1.807, 2.05) is 30.6 Å². The zero-order chi connectivity index (χ0) is 38.7. The van der Waals surface area contributed by atoms with Crippen LogP contribution >= 0.6 is 0 Å². The summed E-state index contributed by atoms with van der Waals surface area (Å²) in [5.74, 6) is 0.876. The summed E-state index contributed by atoms with van der Waals surface area (Å²) in [6.07, 6.45) is 10.9. The summed E-state index contributed by atoms with van der Waals surface area (Å²) < 4.78 is 10.2. The Bertz CT molecular complexity index is 2320. The van der Waals surface area contributed by atoms with Gasteiger partial charge in [0, 0.05) is 81.1 Å². The number of H-pyrrole nitrogens is 2. The molecule has 55 heavy (non-hydrogen) atoms. The number of anilines is 2. The van der Waals surface area contributed by atoms with E-state index in [9.17, 15) is 9.59 Å². The summed E-state index contributed by atoms with van der Waals surface area (Å²) in [5, 5.41) is 44.7. The Morgan fingerprint density at radius 1 is 0.873 bits per heavy atom. The van der Waals surface area contributed by atoms with Crippen LogP contribution in [0.4, 0.5) is 11.4 Å². The lowest BCUT2D eigenvalue weighted by Gasteiger charge is -2.33. The lowest BCUT2D eigenvalue weighted by molar-refractivity contribution is -0.136. The van der Waals surface area contributed by atoms with E-state index in [1.54, 1.807) is 31.1 Å². The lowest BCUT2D eigenvalue weighted by atomic mass is 10.0. The number of carbonyl (C=O) groups excluding carboxylic acids is 1. The molecule has 0 aromatic carbocycles.